The van der Waals surface area contributed by atoms with Crippen LogP contribution in [-0.4, -0.2) is 25.3 Å². The first-order valence-electron chi connectivity index (χ1n) is 6.81. The van der Waals surface area contributed by atoms with Gasteiger partial charge in [0, 0.05) is 10.8 Å². The second-order valence-corrected chi connectivity index (χ2v) is 5.66. The van der Waals surface area contributed by atoms with E-state index in [-0.39, 0.29) is 24.6 Å². The van der Waals surface area contributed by atoms with Crippen LogP contribution in [0, 0.1) is 0 Å². The molecule has 4 nitrogen and oxygen atoms in total. The summed E-state index contributed by atoms with van der Waals surface area (Å²) >= 11 is 1.53. The Labute approximate surface area is 127 Å². The second-order valence-electron chi connectivity index (χ2n) is 4.91. The highest BCUT2D eigenvalue weighted by atomic mass is 32.1. The van der Waals surface area contributed by atoms with Gasteiger partial charge in [0.15, 0.2) is 17.6 Å². The lowest BCUT2D eigenvalue weighted by molar-refractivity contribution is -0.148. The molecule has 21 heavy (non-hydrogen) atoms. The van der Waals surface area contributed by atoms with Gasteiger partial charge in [0.2, 0.25) is 0 Å². The van der Waals surface area contributed by atoms with Crippen molar-refractivity contribution in [2.75, 3.05) is 13.2 Å². The molecule has 0 saturated heterocycles. The maximum absolute atomic E-state index is 12.1. The zero-order chi connectivity index (χ0) is 14.7. The number of fused-ring (bicyclic) bond motifs is 1. The molecule has 0 bridgehead atoms. The number of thiophene rings is 1. The molecule has 2 atom stereocenters. The fourth-order valence-corrected chi connectivity index (χ4v) is 2.79. The SMILES string of the molecule is C[C@H](C(=O)OCC1COc2cscc2O1)c1ccccc1. The number of hydrogen-bond donors (Lipinski definition) is 0. The average molecular weight is 304 g/mol. The van der Waals surface area contributed by atoms with Gasteiger partial charge >= 0.3 is 5.97 Å². The molecule has 1 aromatic carbocycles. The van der Waals surface area contributed by atoms with E-state index >= 15 is 0 Å². The Balaban J connectivity index is 1.53. The Morgan fingerprint density at radius 3 is 2.90 bits per heavy atom. The average Bonchev–Trinajstić information content (AvgIpc) is 3.00. The molecule has 0 N–H and O–H groups in total. The van der Waals surface area contributed by atoms with E-state index in [4.69, 9.17) is 14.2 Å². The first kappa shape index (κ1) is 13.9. The fraction of sp³-hybridized carbons (Fsp3) is 0.312. The third-order valence-electron chi connectivity index (χ3n) is 3.38. The molecule has 1 aromatic heterocycles. The first-order chi connectivity index (χ1) is 10.2. The van der Waals surface area contributed by atoms with Crippen molar-refractivity contribution >= 4 is 17.3 Å². The molecule has 1 unspecified atom stereocenters. The van der Waals surface area contributed by atoms with Crippen molar-refractivity contribution in [2.24, 2.45) is 0 Å². The molecule has 1 aliphatic rings. The van der Waals surface area contributed by atoms with Crippen LogP contribution in [0.3, 0.4) is 0 Å². The van der Waals surface area contributed by atoms with E-state index in [1.165, 1.54) is 11.3 Å². The molecule has 110 valence electrons. The molecule has 0 radical (unpaired) electrons. The van der Waals surface area contributed by atoms with Crippen LogP contribution in [0.1, 0.15) is 18.4 Å². The van der Waals surface area contributed by atoms with Crippen LogP contribution >= 0.6 is 11.3 Å². The van der Waals surface area contributed by atoms with Crippen molar-refractivity contribution in [1.29, 1.82) is 0 Å². The van der Waals surface area contributed by atoms with E-state index < -0.39 is 0 Å². The summed E-state index contributed by atoms with van der Waals surface area (Å²) in [5.41, 5.74) is 0.948. The minimum Gasteiger partial charge on any atom is -0.485 e. The predicted octanol–water partition coefficient (Wildman–Crippen LogP) is 3.23. The molecule has 2 heterocycles. The van der Waals surface area contributed by atoms with Crippen LogP contribution < -0.4 is 9.47 Å². The molecule has 2 aromatic rings. The molecule has 0 amide bonds. The number of ether oxygens (including phenoxy) is 3. The minimum absolute atomic E-state index is 0.200. The monoisotopic (exact) mass is 304 g/mol. The highest BCUT2D eigenvalue weighted by Crippen LogP contribution is 2.35. The van der Waals surface area contributed by atoms with Gasteiger partial charge in [0.05, 0.1) is 5.92 Å². The Morgan fingerprint density at radius 1 is 1.33 bits per heavy atom. The highest BCUT2D eigenvalue weighted by Gasteiger charge is 2.24. The van der Waals surface area contributed by atoms with Crippen molar-refractivity contribution in [1.82, 2.24) is 0 Å². The summed E-state index contributed by atoms with van der Waals surface area (Å²) in [7, 11) is 0. The summed E-state index contributed by atoms with van der Waals surface area (Å²) < 4.78 is 16.6. The maximum Gasteiger partial charge on any atom is 0.313 e. The number of carbonyl (C=O) groups excluding carboxylic acids is 1. The van der Waals surface area contributed by atoms with Gasteiger partial charge in [-0.2, -0.15) is 0 Å². The van der Waals surface area contributed by atoms with E-state index in [1.807, 2.05) is 48.0 Å². The first-order valence-corrected chi connectivity index (χ1v) is 7.75. The lowest BCUT2D eigenvalue weighted by Gasteiger charge is -2.24. The van der Waals surface area contributed by atoms with Crippen LogP contribution in [0.25, 0.3) is 0 Å². The van der Waals surface area contributed by atoms with Gasteiger partial charge in [-0.1, -0.05) is 30.3 Å². The molecule has 5 heteroatoms. The van der Waals surface area contributed by atoms with Crippen LogP contribution in [-0.2, 0) is 9.53 Å². The Kier molecular flexibility index (Phi) is 4.10. The van der Waals surface area contributed by atoms with Crippen LogP contribution in [0.15, 0.2) is 41.1 Å². The Bertz CT molecular complexity index is 608. The summed E-state index contributed by atoms with van der Waals surface area (Å²) in [5, 5.41) is 3.78. The molecular weight excluding hydrogens is 288 g/mol. The number of rotatable bonds is 4. The molecule has 0 aliphatic carbocycles. The van der Waals surface area contributed by atoms with E-state index in [0.717, 1.165) is 17.1 Å². The van der Waals surface area contributed by atoms with Gasteiger partial charge in [-0.05, 0) is 12.5 Å². The summed E-state index contributed by atoms with van der Waals surface area (Å²) in [6, 6.07) is 9.59. The molecule has 1 aliphatic heterocycles. The van der Waals surface area contributed by atoms with Gasteiger partial charge in [0.1, 0.15) is 13.2 Å². The number of hydrogen-bond acceptors (Lipinski definition) is 5. The van der Waals surface area contributed by atoms with Crippen molar-refractivity contribution in [3.8, 4) is 11.5 Å². The summed E-state index contributed by atoms with van der Waals surface area (Å²) in [6.07, 6.45) is -0.251. The van der Waals surface area contributed by atoms with Crippen molar-refractivity contribution in [3.63, 3.8) is 0 Å². The zero-order valence-corrected chi connectivity index (χ0v) is 12.5. The van der Waals surface area contributed by atoms with E-state index in [0.29, 0.717) is 6.61 Å². The smallest absolute Gasteiger partial charge is 0.313 e. The zero-order valence-electron chi connectivity index (χ0n) is 11.7. The summed E-state index contributed by atoms with van der Waals surface area (Å²) in [5.74, 6) is 0.956. The quantitative estimate of drug-likeness (QED) is 0.814. The normalized spacial score (nSPS) is 18.0. The van der Waals surface area contributed by atoms with Gasteiger partial charge < -0.3 is 14.2 Å². The van der Waals surface area contributed by atoms with Crippen LogP contribution in [0.2, 0.25) is 0 Å². The lowest BCUT2D eigenvalue weighted by Crippen LogP contribution is -2.34. The van der Waals surface area contributed by atoms with E-state index in [2.05, 4.69) is 0 Å². The van der Waals surface area contributed by atoms with Gasteiger partial charge in [-0.3, -0.25) is 4.79 Å². The van der Waals surface area contributed by atoms with Crippen molar-refractivity contribution in [3.05, 3.63) is 46.7 Å². The summed E-state index contributed by atoms with van der Waals surface area (Å²) in [4.78, 5) is 12.1. The molecule has 3 rings (SSSR count). The van der Waals surface area contributed by atoms with Crippen molar-refractivity contribution in [2.45, 2.75) is 18.9 Å². The largest absolute Gasteiger partial charge is 0.485 e. The van der Waals surface area contributed by atoms with Crippen LogP contribution in [0.4, 0.5) is 0 Å². The maximum atomic E-state index is 12.1. The number of carbonyl (C=O) groups is 1. The van der Waals surface area contributed by atoms with Gasteiger partial charge in [0.25, 0.3) is 0 Å². The molecule has 0 fully saturated rings. The fourth-order valence-electron chi connectivity index (χ4n) is 2.12. The third-order valence-corrected chi connectivity index (χ3v) is 4.08. The highest BCUT2D eigenvalue weighted by molar-refractivity contribution is 7.08. The molecular formula is C16H16O4S. The second kappa shape index (κ2) is 6.18. The predicted molar refractivity (Wildman–Crippen MR) is 80.0 cm³/mol. The number of esters is 1. The number of benzene rings is 1. The Hall–Kier alpha value is -2.01. The van der Waals surface area contributed by atoms with Gasteiger partial charge in [-0.25, -0.2) is 0 Å². The topological polar surface area (TPSA) is 44.8 Å². The van der Waals surface area contributed by atoms with Crippen molar-refractivity contribution < 1.29 is 19.0 Å². The molecule has 0 saturated carbocycles. The van der Waals surface area contributed by atoms with Crippen LogP contribution in [0.5, 0.6) is 11.5 Å². The van der Waals surface area contributed by atoms with E-state index in [9.17, 15) is 4.79 Å². The summed E-state index contributed by atoms with van der Waals surface area (Å²) in [6.45, 7) is 2.44. The Morgan fingerprint density at radius 2 is 2.10 bits per heavy atom. The standard InChI is InChI=1S/C16H16O4S/c1-11(12-5-3-2-4-6-12)16(17)19-8-13-7-18-14-9-21-10-15(14)20-13/h2-6,9-11,13H,7-8H2,1H3/t11-,13?/m0/s1. The lowest BCUT2D eigenvalue weighted by atomic mass is 10.0. The van der Waals surface area contributed by atoms with Gasteiger partial charge in [-0.15, -0.1) is 11.3 Å². The minimum atomic E-state index is -0.285. The molecule has 0 spiro atoms. The third kappa shape index (κ3) is 3.19. The van der Waals surface area contributed by atoms with E-state index in [1.54, 1.807) is 0 Å².